The highest BCUT2D eigenvalue weighted by molar-refractivity contribution is 5.89. The van der Waals surface area contributed by atoms with Crippen LogP contribution in [0.5, 0.6) is 0 Å². The molecule has 0 unspecified atom stereocenters. The first-order chi connectivity index (χ1) is 10.1. The van der Waals surface area contributed by atoms with Crippen molar-refractivity contribution < 1.29 is 4.92 Å². The van der Waals surface area contributed by atoms with E-state index in [4.69, 9.17) is 5.26 Å². The molecular weight excluding hydrogens is 266 g/mol. The summed E-state index contributed by atoms with van der Waals surface area (Å²) in [6, 6.07) is 16.7. The molecule has 0 saturated carbocycles. The van der Waals surface area contributed by atoms with Gasteiger partial charge in [0.2, 0.25) is 0 Å². The third kappa shape index (κ3) is 3.31. The molecule has 2 aromatic rings. The Bertz CT molecular complexity index is 776. The maximum Gasteiger partial charge on any atom is 0.269 e. The molecule has 2 rings (SSSR count). The van der Waals surface area contributed by atoms with Crippen LogP contribution in [0, 0.1) is 32.8 Å². The van der Waals surface area contributed by atoms with Crippen LogP contribution in [0.15, 0.2) is 48.5 Å². The highest BCUT2D eigenvalue weighted by atomic mass is 16.6. The first kappa shape index (κ1) is 14.0. The largest absolute Gasteiger partial charge is 0.269 e. The van der Waals surface area contributed by atoms with Gasteiger partial charge in [0.25, 0.3) is 5.69 Å². The Morgan fingerprint density at radius 1 is 1.05 bits per heavy atom. The number of allylic oxidation sites excluding steroid dienone is 1. The Morgan fingerprint density at radius 3 is 2.14 bits per heavy atom. The second-order valence-corrected chi connectivity index (χ2v) is 4.21. The van der Waals surface area contributed by atoms with E-state index in [1.807, 2.05) is 6.07 Å². The van der Waals surface area contributed by atoms with Crippen LogP contribution in [0.2, 0.25) is 0 Å². The number of hydrogen-bond acceptors (Lipinski definition) is 4. The van der Waals surface area contributed by atoms with Crippen LogP contribution >= 0.6 is 0 Å². The summed E-state index contributed by atoms with van der Waals surface area (Å²) < 4.78 is 0. The fourth-order valence-corrected chi connectivity index (χ4v) is 1.76. The van der Waals surface area contributed by atoms with Gasteiger partial charge in [-0.1, -0.05) is 12.1 Å². The first-order valence-corrected chi connectivity index (χ1v) is 6.01. The van der Waals surface area contributed by atoms with Gasteiger partial charge in [-0.25, -0.2) is 0 Å². The average Bonchev–Trinajstić information content (AvgIpc) is 2.53. The lowest BCUT2D eigenvalue weighted by atomic mass is 10.0. The lowest BCUT2D eigenvalue weighted by molar-refractivity contribution is -0.384. The molecule has 0 aliphatic heterocycles. The Morgan fingerprint density at radius 2 is 1.67 bits per heavy atom. The van der Waals surface area contributed by atoms with Crippen LogP contribution < -0.4 is 0 Å². The van der Waals surface area contributed by atoms with Crippen molar-refractivity contribution in [3.05, 3.63) is 75.3 Å². The molecule has 0 aromatic heterocycles. The van der Waals surface area contributed by atoms with E-state index in [0.29, 0.717) is 16.7 Å². The number of benzene rings is 2. The maximum atomic E-state index is 10.6. The smallest absolute Gasteiger partial charge is 0.258 e. The van der Waals surface area contributed by atoms with Crippen LogP contribution in [0.1, 0.15) is 16.7 Å². The van der Waals surface area contributed by atoms with Crippen LogP contribution in [0.25, 0.3) is 11.6 Å². The Hall–Kier alpha value is -3.44. The van der Waals surface area contributed by atoms with E-state index in [9.17, 15) is 15.4 Å². The Labute approximate surface area is 121 Å². The Balaban J connectivity index is 2.34. The van der Waals surface area contributed by atoms with E-state index in [-0.39, 0.29) is 5.69 Å². The number of hydrogen-bond donors (Lipinski definition) is 0. The molecule has 21 heavy (non-hydrogen) atoms. The SMILES string of the molecule is N#C/C(=C/c1ccc(C#N)cc1)c1ccc([N+](=O)[O-])cc1. The second kappa shape index (κ2) is 6.14. The van der Waals surface area contributed by atoms with Crippen molar-refractivity contribution in [1.29, 1.82) is 10.5 Å². The molecule has 0 radical (unpaired) electrons. The molecule has 0 saturated heterocycles. The van der Waals surface area contributed by atoms with Gasteiger partial charge in [0, 0.05) is 12.1 Å². The van der Waals surface area contributed by atoms with Crippen molar-refractivity contribution >= 4 is 17.3 Å². The summed E-state index contributed by atoms with van der Waals surface area (Å²) in [5.74, 6) is 0. The van der Waals surface area contributed by atoms with E-state index in [1.165, 1.54) is 24.3 Å². The molecular formula is C16H9N3O2. The van der Waals surface area contributed by atoms with Gasteiger partial charge >= 0.3 is 0 Å². The van der Waals surface area contributed by atoms with Gasteiger partial charge in [-0.3, -0.25) is 10.1 Å². The number of non-ortho nitro benzene ring substituents is 1. The quantitative estimate of drug-likeness (QED) is 0.371. The first-order valence-electron chi connectivity index (χ1n) is 6.01. The minimum Gasteiger partial charge on any atom is -0.258 e. The van der Waals surface area contributed by atoms with E-state index in [0.717, 1.165) is 5.56 Å². The van der Waals surface area contributed by atoms with Gasteiger partial charge in [0.1, 0.15) is 0 Å². The van der Waals surface area contributed by atoms with Gasteiger partial charge < -0.3 is 0 Å². The van der Waals surface area contributed by atoms with Crippen LogP contribution in [-0.2, 0) is 0 Å². The van der Waals surface area contributed by atoms with E-state index in [2.05, 4.69) is 6.07 Å². The predicted molar refractivity (Wildman–Crippen MR) is 77.7 cm³/mol. The summed E-state index contributed by atoms with van der Waals surface area (Å²) in [5.41, 5.74) is 2.31. The molecule has 0 atom stereocenters. The topological polar surface area (TPSA) is 90.7 Å². The minimum atomic E-state index is -0.486. The lowest BCUT2D eigenvalue weighted by Crippen LogP contribution is -1.88. The van der Waals surface area contributed by atoms with Crippen molar-refractivity contribution in [3.8, 4) is 12.1 Å². The molecule has 100 valence electrons. The third-order valence-electron chi connectivity index (χ3n) is 2.86. The van der Waals surface area contributed by atoms with Crippen molar-refractivity contribution in [3.63, 3.8) is 0 Å². The molecule has 5 heteroatoms. The zero-order valence-electron chi connectivity index (χ0n) is 10.9. The van der Waals surface area contributed by atoms with Gasteiger partial charge in [-0.2, -0.15) is 10.5 Å². The van der Waals surface area contributed by atoms with E-state index < -0.39 is 4.92 Å². The number of nitrogens with zero attached hydrogens (tertiary/aromatic N) is 3. The molecule has 0 fully saturated rings. The average molecular weight is 275 g/mol. The summed E-state index contributed by atoms with van der Waals surface area (Å²) in [6.07, 6.45) is 1.67. The van der Waals surface area contributed by atoms with Gasteiger partial charge in [-0.05, 0) is 41.5 Å². The summed E-state index contributed by atoms with van der Waals surface area (Å²) in [7, 11) is 0. The second-order valence-electron chi connectivity index (χ2n) is 4.21. The van der Waals surface area contributed by atoms with Crippen LogP contribution in [-0.4, -0.2) is 4.92 Å². The molecule has 0 aliphatic rings. The number of nitro groups is 1. The normalized spacial score (nSPS) is 10.5. The minimum absolute atomic E-state index is 0.0191. The molecule has 2 aromatic carbocycles. The Kier molecular flexibility index (Phi) is 4.09. The summed E-state index contributed by atoms with van der Waals surface area (Å²) in [4.78, 5) is 10.1. The third-order valence-corrected chi connectivity index (χ3v) is 2.86. The van der Waals surface area contributed by atoms with Crippen molar-refractivity contribution in [2.45, 2.75) is 0 Å². The van der Waals surface area contributed by atoms with E-state index in [1.54, 1.807) is 30.3 Å². The maximum absolute atomic E-state index is 10.6. The predicted octanol–water partition coefficient (Wildman–Crippen LogP) is 3.53. The number of nitriles is 2. The fourth-order valence-electron chi connectivity index (χ4n) is 1.76. The standard InChI is InChI=1S/C16H9N3O2/c17-10-13-3-1-12(2-4-13)9-15(11-18)14-5-7-16(8-6-14)19(20)21/h1-9H/b15-9-. The summed E-state index contributed by atoms with van der Waals surface area (Å²) in [5, 5.41) is 28.6. The molecule has 0 heterocycles. The molecule has 0 bridgehead atoms. The monoisotopic (exact) mass is 275 g/mol. The van der Waals surface area contributed by atoms with Crippen molar-refractivity contribution in [2.24, 2.45) is 0 Å². The number of nitro benzene ring substituents is 1. The van der Waals surface area contributed by atoms with Gasteiger partial charge in [0.15, 0.2) is 0 Å². The lowest BCUT2D eigenvalue weighted by Gasteiger charge is -2.00. The van der Waals surface area contributed by atoms with Gasteiger partial charge in [0.05, 0.1) is 28.2 Å². The zero-order valence-corrected chi connectivity index (χ0v) is 10.9. The van der Waals surface area contributed by atoms with Gasteiger partial charge in [-0.15, -0.1) is 0 Å². The summed E-state index contributed by atoms with van der Waals surface area (Å²) in [6.45, 7) is 0. The van der Waals surface area contributed by atoms with Crippen molar-refractivity contribution in [2.75, 3.05) is 0 Å². The molecule has 0 aliphatic carbocycles. The fraction of sp³-hybridized carbons (Fsp3) is 0. The van der Waals surface area contributed by atoms with Crippen LogP contribution in [0.4, 0.5) is 5.69 Å². The molecule has 0 N–H and O–H groups in total. The number of rotatable bonds is 3. The van der Waals surface area contributed by atoms with E-state index >= 15 is 0 Å². The molecule has 5 nitrogen and oxygen atoms in total. The summed E-state index contributed by atoms with van der Waals surface area (Å²) >= 11 is 0. The molecule has 0 spiro atoms. The van der Waals surface area contributed by atoms with Crippen molar-refractivity contribution in [1.82, 2.24) is 0 Å². The zero-order chi connectivity index (χ0) is 15.2. The highest BCUT2D eigenvalue weighted by Crippen LogP contribution is 2.20. The highest BCUT2D eigenvalue weighted by Gasteiger charge is 2.06. The molecule has 0 amide bonds. The van der Waals surface area contributed by atoms with Crippen LogP contribution in [0.3, 0.4) is 0 Å².